The van der Waals surface area contributed by atoms with E-state index in [0.717, 1.165) is 36.0 Å². The van der Waals surface area contributed by atoms with E-state index >= 15 is 0 Å². The van der Waals surface area contributed by atoms with E-state index in [4.69, 9.17) is 4.74 Å². The third-order valence-corrected chi connectivity index (χ3v) is 3.78. The number of nitrogens with one attached hydrogen (secondary N) is 1. The molecule has 4 nitrogen and oxygen atoms in total. The number of hydrogen-bond acceptors (Lipinski definition) is 5. The number of pyridine rings is 1. The Kier molecular flexibility index (Phi) is 4.81. The molecule has 0 aliphatic rings. The lowest BCUT2D eigenvalue weighted by Gasteiger charge is -2.01. The van der Waals surface area contributed by atoms with Crippen LogP contribution in [0.25, 0.3) is 10.6 Å². The molecule has 0 aliphatic carbocycles. The van der Waals surface area contributed by atoms with E-state index in [1.807, 2.05) is 25.3 Å². The summed E-state index contributed by atoms with van der Waals surface area (Å²) in [5.74, 6) is 0. The number of rotatable bonds is 6. The molecule has 0 saturated carbocycles. The summed E-state index contributed by atoms with van der Waals surface area (Å²) in [5.41, 5.74) is 2.16. The lowest BCUT2D eigenvalue weighted by Crippen LogP contribution is -2.18. The first-order valence-corrected chi connectivity index (χ1v) is 6.69. The van der Waals surface area contributed by atoms with Gasteiger partial charge in [0.25, 0.3) is 0 Å². The molecule has 0 bridgehead atoms. The van der Waals surface area contributed by atoms with Crippen LogP contribution in [0.4, 0.5) is 0 Å². The van der Waals surface area contributed by atoms with Crippen LogP contribution in [0, 0.1) is 6.92 Å². The average Bonchev–Trinajstić information content (AvgIpc) is 2.77. The topological polar surface area (TPSA) is 47.0 Å². The van der Waals surface area contributed by atoms with Gasteiger partial charge in [-0.1, -0.05) is 0 Å². The van der Waals surface area contributed by atoms with E-state index in [0.29, 0.717) is 0 Å². The zero-order chi connectivity index (χ0) is 12.8. The Balaban J connectivity index is 2.03. The first-order valence-electron chi connectivity index (χ1n) is 5.87. The quantitative estimate of drug-likeness (QED) is 0.812. The molecule has 0 spiro atoms. The number of nitrogens with zero attached hydrogens (tertiary/aromatic N) is 2. The van der Waals surface area contributed by atoms with Crippen molar-refractivity contribution in [1.29, 1.82) is 0 Å². The SMILES string of the molecule is COCCNCc1sc(-c2cccnc2)nc1C. The minimum atomic E-state index is 0.729. The van der Waals surface area contributed by atoms with Crippen LogP contribution in [-0.4, -0.2) is 30.2 Å². The first-order chi connectivity index (χ1) is 8.81. The summed E-state index contributed by atoms with van der Waals surface area (Å²) >= 11 is 1.72. The zero-order valence-electron chi connectivity index (χ0n) is 10.6. The Labute approximate surface area is 111 Å². The van der Waals surface area contributed by atoms with Gasteiger partial charge < -0.3 is 10.1 Å². The molecule has 1 N–H and O–H groups in total. The largest absolute Gasteiger partial charge is 0.383 e. The number of ether oxygens (including phenoxy) is 1. The van der Waals surface area contributed by atoms with Gasteiger partial charge in [-0.05, 0) is 19.1 Å². The molecule has 96 valence electrons. The summed E-state index contributed by atoms with van der Waals surface area (Å²) in [6, 6.07) is 3.97. The van der Waals surface area contributed by atoms with Gasteiger partial charge >= 0.3 is 0 Å². The fourth-order valence-corrected chi connectivity index (χ4v) is 2.60. The van der Waals surface area contributed by atoms with Crippen molar-refractivity contribution in [2.45, 2.75) is 13.5 Å². The molecule has 2 aromatic rings. The molecule has 2 aromatic heterocycles. The van der Waals surface area contributed by atoms with E-state index in [2.05, 4.69) is 15.3 Å². The van der Waals surface area contributed by atoms with Gasteiger partial charge in [0.1, 0.15) is 5.01 Å². The second-order valence-electron chi connectivity index (χ2n) is 3.94. The standard InChI is InChI=1S/C13H17N3OS/c1-10-12(9-15-6-7-17-2)18-13(16-10)11-4-3-5-14-8-11/h3-5,8,15H,6-7,9H2,1-2H3. The maximum Gasteiger partial charge on any atom is 0.125 e. The molecule has 0 aromatic carbocycles. The number of methoxy groups -OCH3 is 1. The van der Waals surface area contributed by atoms with Gasteiger partial charge in [0, 0.05) is 43.0 Å². The highest BCUT2D eigenvalue weighted by atomic mass is 32.1. The number of aryl methyl sites for hydroxylation is 1. The lowest BCUT2D eigenvalue weighted by atomic mass is 10.3. The molecular formula is C13H17N3OS. The van der Waals surface area contributed by atoms with Gasteiger partial charge in [-0.3, -0.25) is 4.98 Å². The van der Waals surface area contributed by atoms with Crippen LogP contribution in [-0.2, 0) is 11.3 Å². The Hall–Kier alpha value is -1.30. The van der Waals surface area contributed by atoms with E-state index in [1.54, 1.807) is 24.6 Å². The third-order valence-electron chi connectivity index (χ3n) is 2.57. The molecule has 0 unspecified atom stereocenters. The molecule has 0 aliphatic heterocycles. The molecular weight excluding hydrogens is 246 g/mol. The summed E-state index contributed by atoms with van der Waals surface area (Å²) in [6.07, 6.45) is 3.62. The number of thiazole rings is 1. The molecule has 5 heteroatoms. The summed E-state index contributed by atoms with van der Waals surface area (Å²) in [4.78, 5) is 9.98. The fraction of sp³-hybridized carbons (Fsp3) is 0.385. The van der Waals surface area contributed by atoms with Crippen molar-refractivity contribution in [2.75, 3.05) is 20.3 Å². The first kappa shape index (κ1) is 13.1. The van der Waals surface area contributed by atoms with Crippen molar-refractivity contribution in [2.24, 2.45) is 0 Å². The summed E-state index contributed by atoms with van der Waals surface area (Å²) in [7, 11) is 1.71. The Bertz CT molecular complexity index is 484. The van der Waals surface area contributed by atoms with Gasteiger partial charge in [-0.15, -0.1) is 11.3 Å². The summed E-state index contributed by atoms with van der Waals surface area (Å²) < 4.78 is 5.00. The van der Waals surface area contributed by atoms with Gasteiger partial charge in [0.05, 0.1) is 12.3 Å². The molecule has 0 radical (unpaired) electrons. The maximum absolute atomic E-state index is 5.00. The fourth-order valence-electron chi connectivity index (χ4n) is 1.58. The second-order valence-corrected chi connectivity index (χ2v) is 5.02. The van der Waals surface area contributed by atoms with Gasteiger partial charge in [0.2, 0.25) is 0 Å². The highest BCUT2D eigenvalue weighted by Crippen LogP contribution is 2.26. The van der Waals surface area contributed by atoms with Crippen LogP contribution in [0.15, 0.2) is 24.5 Å². The number of aromatic nitrogens is 2. The van der Waals surface area contributed by atoms with E-state index in [9.17, 15) is 0 Å². The zero-order valence-corrected chi connectivity index (χ0v) is 11.5. The highest BCUT2D eigenvalue weighted by molar-refractivity contribution is 7.15. The molecule has 0 atom stereocenters. The van der Waals surface area contributed by atoms with Crippen molar-refractivity contribution >= 4 is 11.3 Å². The molecule has 2 heterocycles. The van der Waals surface area contributed by atoms with Crippen molar-refractivity contribution in [1.82, 2.24) is 15.3 Å². The highest BCUT2D eigenvalue weighted by Gasteiger charge is 2.08. The Morgan fingerprint density at radius 1 is 1.44 bits per heavy atom. The summed E-state index contributed by atoms with van der Waals surface area (Å²) in [5, 5.41) is 4.37. The van der Waals surface area contributed by atoms with Crippen LogP contribution in [0.3, 0.4) is 0 Å². The maximum atomic E-state index is 5.00. The van der Waals surface area contributed by atoms with E-state index < -0.39 is 0 Å². The van der Waals surface area contributed by atoms with Crippen LogP contribution in [0.2, 0.25) is 0 Å². The molecule has 0 amide bonds. The normalized spacial score (nSPS) is 10.8. The van der Waals surface area contributed by atoms with Gasteiger partial charge in [-0.2, -0.15) is 0 Å². The molecule has 2 rings (SSSR count). The van der Waals surface area contributed by atoms with Crippen molar-refractivity contribution in [3.8, 4) is 10.6 Å². The van der Waals surface area contributed by atoms with Gasteiger partial charge in [0.15, 0.2) is 0 Å². The predicted octanol–water partition coefficient (Wildman–Crippen LogP) is 2.25. The van der Waals surface area contributed by atoms with Crippen molar-refractivity contribution in [3.63, 3.8) is 0 Å². The second kappa shape index (κ2) is 6.58. The molecule has 0 saturated heterocycles. The lowest BCUT2D eigenvalue weighted by molar-refractivity contribution is 0.199. The third kappa shape index (κ3) is 3.35. The average molecular weight is 263 g/mol. The van der Waals surface area contributed by atoms with Gasteiger partial charge in [-0.25, -0.2) is 4.98 Å². The monoisotopic (exact) mass is 263 g/mol. The summed E-state index contributed by atoms with van der Waals surface area (Å²) in [6.45, 7) is 4.47. The van der Waals surface area contributed by atoms with Crippen LogP contribution >= 0.6 is 11.3 Å². The smallest absolute Gasteiger partial charge is 0.125 e. The van der Waals surface area contributed by atoms with E-state index in [1.165, 1.54) is 4.88 Å². The minimum Gasteiger partial charge on any atom is -0.383 e. The predicted molar refractivity (Wildman–Crippen MR) is 73.7 cm³/mol. The van der Waals surface area contributed by atoms with Crippen molar-refractivity contribution in [3.05, 3.63) is 35.1 Å². The van der Waals surface area contributed by atoms with Crippen LogP contribution in [0.1, 0.15) is 10.6 Å². The minimum absolute atomic E-state index is 0.729. The Morgan fingerprint density at radius 2 is 2.33 bits per heavy atom. The van der Waals surface area contributed by atoms with Crippen LogP contribution < -0.4 is 5.32 Å². The van der Waals surface area contributed by atoms with Crippen molar-refractivity contribution < 1.29 is 4.74 Å². The molecule has 0 fully saturated rings. The Morgan fingerprint density at radius 3 is 3.06 bits per heavy atom. The molecule has 18 heavy (non-hydrogen) atoms. The number of hydrogen-bond donors (Lipinski definition) is 1. The van der Waals surface area contributed by atoms with Crippen LogP contribution in [0.5, 0.6) is 0 Å². The van der Waals surface area contributed by atoms with E-state index in [-0.39, 0.29) is 0 Å².